The van der Waals surface area contributed by atoms with Crippen molar-refractivity contribution < 1.29 is 0 Å². The van der Waals surface area contributed by atoms with Crippen LogP contribution >= 0.6 is 0 Å². The number of hydrogen-bond acceptors (Lipinski definition) is 0. The summed E-state index contributed by atoms with van der Waals surface area (Å²) in [4.78, 5) is 0. The molecular weight excluding hydrogens is 264 g/mol. The Labute approximate surface area is 139 Å². The molecule has 0 N–H and O–H groups in total. The Balaban J connectivity index is 1.96. The van der Waals surface area contributed by atoms with E-state index in [1.54, 1.807) is 0 Å². The molecule has 0 aromatic heterocycles. The van der Waals surface area contributed by atoms with Crippen LogP contribution in [0.15, 0.2) is 12.2 Å². The zero-order valence-corrected chi connectivity index (χ0v) is 15.9. The van der Waals surface area contributed by atoms with Gasteiger partial charge in [0.1, 0.15) is 0 Å². The van der Waals surface area contributed by atoms with E-state index in [9.17, 15) is 0 Å². The molecule has 3 aliphatic carbocycles. The van der Waals surface area contributed by atoms with Crippen LogP contribution in [-0.2, 0) is 0 Å². The predicted molar refractivity (Wildman–Crippen MR) is 96.8 cm³/mol. The quantitative estimate of drug-likeness (QED) is 0.498. The van der Waals surface area contributed by atoms with Crippen molar-refractivity contribution in [2.75, 3.05) is 0 Å². The number of unbranched alkanes of at least 4 members (excludes halogenated alkanes) is 1. The Hall–Kier alpha value is -0.260. The molecule has 2 saturated carbocycles. The van der Waals surface area contributed by atoms with Crippen LogP contribution in [0.1, 0.15) is 86.5 Å². The van der Waals surface area contributed by atoms with Crippen molar-refractivity contribution in [2.45, 2.75) is 86.5 Å². The van der Waals surface area contributed by atoms with Gasteiger partial charge in [0.25, 0.3) is 0 Å². The van der Waals surface area contributed by atoms with Crippen molar-refractivity contribution in [3.63, 3.8) is 0 Å². The van der Waals surface area contributed by atoms with Crippen LogP contribution in [0.4, 0.5) is 0 Å². The lowest BCUT2D eigenvalue weighted by Crippen LogP contribution is -2.67. The van der Waals surface area contributed by atoms with Crippen LogP contribution < -0.4 is 0 Å². The van der Waals surface area contributed by atoms with Gasteiger partial charge >= 0.3 is 0 Å². The zero-order chi connectivity index (χ0) is 16.2. The van der Waals surface area contributed by atoms with Gasteiger partial charge in [0, 0.05) is 0 Å². The molecule has 5 unspecified atom stereocenters. The molecule has 0 radical (unpaired) electrons. The number of hydrogen-bond donors (Lipinski definition) is 0. The minimum absolute atomic E-state index is 0.458. The van der Waals surface area contributed by atoms with Gasteiger partial charge < -0.3 is 0 Å². The van der Waals surface area contributed by atoms with Crippen LogP contribution in [0.5, 0.6) is 0 Å². The van der Waals surface area contributed by atoms with E-state index in [-0.39, 0.29) is 0 Å². The predicted octanol–water partition coefficient (Wildman–Crippen LogP) is 6.86. The van der Waals surface area contributed by atoms with Crippen molar-refractivity contribution in [2.24, 2.45) is 39.9 Å². The van der Waals surface area contributed by atoms with Crippen molar-refractivity contribution in [3.05, 3.63) is 12.2 Å². The van der Waals surface area contributed by atoms with Crippen LogP contribution in [-0.4, -0.2) is 0 Å². The highest BCUT2D eigenvalue weighted by molar-refractivity contribution is 5.33. The van der Waals surface area contributed by atoms with E-state index in [0.29, 0.717) is 16.2 Å². The van der Waals surface area contributed by atoms with E-state index in [4.69, 9.17) is 0 Å². The Morgan fingerprint density at radius 3 is 2.45 bits per heavy atom. The summed E-state index contributed by atoms with van der Waals surface area (Å²) in [5.41, 5.74) is 1.60. The highest BCUT2D eigenvalue weighted by Gasteiger charge is 2.73. The summed E-state index contributed by atoms with van der Waals surface area (Å²) in [6.07, 6.45) is 15.3. The lowest BCUT2D eigenvalue weighted by molar-refractivity contribution is -0.240. The fourth-order valence-corrected chi connectivity index (χ4v) is 7.10. The highest BCUT2D eigenvalue weighted by atomic mass is 14.8. The summed E-state index contributed by atoms with van der Waals surface area (Å²) in [5.74, 6) is 3.63. The summed E-state index contributed by atoms with van der Waals surface area (Å²) >= 11 is 0. The maximum Gasteiger partial charge on any atom is -0.00275 e. The molecule has 0 heterocycles. The Morgan fingerprint density at radius 1 is 1.14 bits per heavy atom. The zero-order valence-electron chi connectivity index (χ0n) is 15.9. The third-order valence-electron chi connectivity index (χ3n) is 8.83. The SMILES string of the molecule is CCCC[C@@H]1C(C)CC(CC)CC12CC1(C)C(C)C=C[C@]12C. The molecule has 126 valence electrons. The molecule has 0 aromatic carbocycles. The van der Waals surface area contributed by atoms with Gasteiger partial charge in [-0.3, -0.25) is 0 Å². The Kier molecular flexibility index (Phi) is 4.06. The summed E-state index contributed by atoms with van der Waals surface area (Å²) in [6, 6.07) is 0. The van der Waals surface area contributed by atoms with Gasteiger partial charge in [-0.2, -0.15) is 0 Å². The van der Waals surface area contributed by atoms with Crippen LogP contribution in [0.25, 0.3) is 0 Å². The van der Waals surface area contributed by atoms with Gasteiger partial charge in [-0.25, -0.2) is 0 Å². The lowest BCUT2D eigenvalue weighted by atomic mass is 9.30. The van der Waals surface area contributed by atoms with Gasteiger partial charge in [0.05, 0.1) is 0 Å². The van der Waals surface area contributed by atoms with Crippen LogP contribution in [0.3, 0.4) is 0 Å². The third kappa shape index (κ3) is 1.88. The van der Waals surface area contributed by atoms with E-state index in [0.717, 1.165) is 23.7 Å². The first-order valence-corrected chi connectivity index (χ1v) is 10.0. The Bertz CT molecular complexity index is 449. The molecule has 0 aliphatic heterocycles. The third-order valence-corrected chi connectivity index (χ3v) is 8.83. The fourth-order valence-electron chi connectivity index (χ4n) is 7.10. The second-order valence-electron chi connectivity index (χ2n) is 9.54. The molecule has 2 fully saturated rings. The molecule has 0 heteroatoms. The smallest absolute Gasteiger partial charge is 0.00275 e. The first-order valence-electron chi connectivity index (χ1n) is 10.0. The van der Waals surface area contributed by atoms with Gasteiger partial charge in [0.2, 0.25) is 0 Å². The van der Waals surface area contributed by atoms with Crippen molar-refractivity contribution >= 4 is 0 Å². The van der Waals surface area contributed by atoms with Gasteiger partial charge in [-0.1, -0.05) is 73.0 Å². The van der Waals surface area contributed by atoms with E-state index < -0.39 is 0 Å². The molecule has 0 aromatic rings. The normalized spacial score (nSPS) is 53.5. The minimum atomic E-state index is 0.458. The monoisotopic (exact) mass is 302 g/mol. The molecule has 7 atom stereocenters. The summed E-state index contributed by atoms with van der Waals surface area (Å²) < 4.78 is 0. The maximum atomic E-state index is 2.66. The highest BCUT2D eigenvalue weighted by Crippen LogP contribution is 2.80. The molecule has 3 rings (SSSR count). The van der Waals surface area contributed by atoms with E-state index >= 15 is 0 Å². The van der Waals surface area contributed by atoms with Gasteiger partial charge in [-0.05, 0) is 65.6 Å². The Morgan fingerprint density at radius 2 is 1.86 bits per heavy atom. The second kappa shape index (κ2) is 5.38. The largest absolute Gasteiger partial charge is 0.0845 e. The summed E-state index contributed by atoms with van der Waals surface area (Å²) in [7, 11) is 0. The van der Waals surface area contributed by atoms with Gasteiger partial charge in [-0.15, -0.1) is 0 Å². The molecule has 0 bridgehead atoms. The van der Waals surface area contributed by atoms with Crippen molar-refractivity contribution in [1.29, 1.82) is 0 Å². The number of rotatable bonds is 4. The van der Waals surface area contributed by atoms with Crippen LogP contribution in [0, 0.1) is 39.9 Å². The van der Waals surface area contributed by atoms with Crippen molar-refractivity contribution in [3.8, 4) is 0 Å². The summed E-state index contributed by atoms with van der Waals surface area (Å²) in [6.45, 7) is 15.0. The number of fused-ring (bicyclic) bond motifs is 2. The fraction of sp³-hybridized carbons (Fsp3) is 0.909. The maximum absolute atomic E-state index is 2.66. The van der Waals surface area contributed by atoms with E-state index in [2.05, 4.69) is 53.7 Å². The van der Waals surface area contributed by atoms with Crippen molar-refractivity contribution in [1.82, 2.24) is 0 Å². The standard InChI is InChI=1S/C22H38/c1-7-9-10-19-16(3)13-18(8-2)14-22(19)15-20(5)17(4)11-12-21(20,22)6/h11-12,16-19H,7-10,13-15H2,1-6H3/t16?,17?,18?,19-,20?,21-,22?/m1/s1. The number of allylic oxidation sites excluding steroid dienone is 2. The first-order chi connectivity index (χ1) is 10.3. The molecule has 1 spiro atoms. The van der Waals surface area contributed by atoms with E-state index in [1.807, 2.05) is 0 Å². The minimum Gasteiger partial charge on any atom is -0.0845 e. The molecule has 0 saturated heterocycles. The topological polar surface area (TPSA) is 0 Å². The average molecular weight is 303 g/mol. The average Bonchev–Trinajstić information content (AvgIpc) is 2.67. The molecule has 3 aliphatic rings. The molecule has 0 amide bonds. The molecule has 22 heavy (non-hydrogen) atoms. The molecular formula is C22H38. The summed E-state index contributed by atoms with van der Waals surface area (Å²) in [5, 5.41) is 0. The first kappa shape index (κ1) is 16.6. The van der Waals surface area contributed by atoms with E-state index in [1.165, 1.54) is 44.9 Å². The molecule has 0 nitrogen and oxygen atoms in total. The van der Waals surface area contributed by atoms with Gasteiger partial charge in [0.15, 0.2) is 0 Å². The second-order valence-corrected chi connectivity index (χ2v) is 9.54. The van der Waals surface area contributed by atoms with Crippen LogP contribution in [0.2, 0.25) is 0 Å². The lowest BCUT2D eigenvalue weighted by Gasteiger charge is -2.73.